The van der Waals surface area contributed by atoms with Crippen molar-refractivity contribution in [1.82, 2.24) is 0 Å². The van der Waals surface area contributed by atoms with Crippen molar-refractivity contribution >= 4 is 0 Å². The van der Waals surface area contributed by atoms with Crippen molar-refractivity contribution in [2.75, 3.05) is 26.4 Å². The van der Waals surface area contributed by atoms with Crippen LogP contribution in [0.25, 0.3) is 0 Å². The second kappa shape index (κ2) is 5.52. The molecule has 11 heavy (non-hydrogen) atoms. The van der Waals surface area contributed by atoms with Crippen LogP contribution < -0.4 is 0 Å². The molecule has 67 valence electrons. The van der Waals surface area contributed by atoms with Crippen molar-refractivity contribution in [1.29, 1.82) is 0 Å². The van der Waals surface area contributed by atoms with Crippen LogP contribution in [0.1, 0.15) is 20.8 Å². The Morgan fingerprint density at radius 2 is 1.73 bits per heavy atom. The summed E-state index contributed by atoms with van der Waals surface area (Å²) in [6, 6.07) is 0. The largest absolute Gasteiger partial charge is 0.377 e. The Bertz CT molecular complexity index is 85.8. The monoisotopic (exact) mass is 161 g/mol. The summed E-state index contributed by atoms with van der Waals surface area (Å²) in [7, 11) is 0. The van der Waals surface area contributed by atoms with Gasteiger partial charge in [0, 0.05) is 0 Å². The lowest BCUT2D eigenvalue weighted by Crippen LogP contribution is -2.22. The molecule has 0 heterocycles. The van der Waals surface area contributed by atoms with Crippen molar-refractivity contribution in [2.24, 2.45) is 0 Å². The van der Waals surface area contributed by atoms with Gasteiger partial charge in [0.2, 0.25) is 0 Å². The highest BCUT2D eigenvalue weighted by molar-refractivity contribution is 4.57. The number of hydrogen-bond donors (Lipinski definition) is 0. The zero-order chi connectivity index (χ0) is 8.74. The van der Waals surface area contributed by atoms with Crippen LogP contribution in [0.15, 0.2) is 0 Å². The van der Waals surface area contributed by atoms with E-state index < -0.39 is 0 Å². The Balaban J connectivity index is 3.02. The predicted octanol–water partition coefficient (Wildman–Crippen LogP) is 1.25. The van der Waals surface area contributed by atoms with E-state index >= 15 is 0 Å². The van der Waals surface area contributed by atoms with Gasteiger partial charge in [0.1, 0.15) is 6.61 Å². The summed E-state index contributed by atoms with van der Waals surface area (Å²) in [6.07, 6.45) is 0. The molecule has 0 fully saturated rings. The molecule has 0 N–H and O–H groups in total. The maximum Gasteiger partial charge on any atom is 0.106 e. The van der Waals surface area contributed by atoms with Crippen LogP contribution in [0, 0.1) is 0 Å². The first-order valence-electron chi connectivity index (χ1n) is 3.86. The molecule has 0 bridgehead atoms. The second-order valence-electron chi connectivity index (χ2n) is 3.28. The van der Waals surface area contributed by atoms with E-state index in [4.69, 9.17) is 9.47 Å². The molecule has 0 saturated carbocycles. The summed E-state index contributed by atoms with van der Waals surface area (Å²) in [5.41, 5.74) is -0.110. The van der Waals surface area contributed by atoms with Gasteiger partial charge in [0.15, 0.2) is 0 Å². The van der Waals surface area contributed by atoms with E-state index in [1.54, 1.807) is 0 Å². The van der Waals surface area contributed by atoms with Crippen LogP contribution in [0.4, 0.5) is 0 Å². The summed E-state index contributed by atoms with van der Waals surface area (Å²) in [5, 5.41) is 9.92. The van der Waals surface area contributed by atoms with Crippen molar-refractivity contribution in [3.05, 3.63) is 0 Å². The highest BCUT2D eigenvalue weighted by Gasteiger charge is 2.08. The van der Waals surface area contributed by atoms with Gasteiger partial charge in [-0.2, -0.15) is 0 Å². The van der Waals surface area contributed by atoms with E-state index in [-0.39, 0.29) is 18.8 Å². The van der Waals surface area contributed by atoms with Gasteiger partial charge in [0.25, 0.3) is 0 Å². The molecule has 1 radical (unpaired) electrons. The Morgan fingerprint density at radius 1 is 1.09 bits per heavy atom. The zero-order valence-corrected chi connectivity index (χ0v) is 7.55. The molecule has 0 saturated heterocycles. The van der Waals surface area contributed by atoms with Crippen LogP contribution in [0.5, 0.6) is 0 Å². The van der Waals surface area contributed by atoms with Gasteiger partial charge in [-0.1, -0.05) is 0 Å². The molecule has 0 aliphatic carbocycles. The van der Waals surface area contributed by atoms with Crippen LogP contribution >= 0.6 is 0 Å². The Morgan fingerprint density at radius 3 is 2.18 bits per heavy atom. The summed E-state index contributed by atoms with van der Waals surface area (Å²) in [4.78, 5) is 0. The summed E-state index contributed by atoms with van der Waals surface area (Å²) < 4.78 is 10.3. The quantitative estimate of drug-likeness (QED) is 0.569. The third-order valence-corrected chi connectivity index (χ3v) is 0.990. The molecule has 0 spiro atoms. The molecule has 3 nitrogen and oxygen atoms in total. The molecular formula is C8H17O3. The average molecular weight is 161 g/mol. The maximum absolute atomic E-state index is 9.92. The van der Waals surface area contributed by atoms with Gasteiger partial charge in [-0.3, -0.25) is 0 Å². The molecule has 0 rings (SSSR count). The minimum absolute atomic E-state index is 0.110. The molecule has 0 aliphatic rings. The van der Waals surface area contributed by atoms with E-state index in [0.29, 0.717) is 13.2 Å². The van der Waals surface area contributed by atoms with Gasteiger partial charge in [-0.25, -0.2) is 5.11 Å². The van der Waals surface area contributed by atoms with Crippen molar-refractivity contribution in [3.8, 4) is 0 Å². The first-order valence-corrected chi connectivity index (χ1v) is 3.86. The molecule has 0 aromatic rings. The minimum atomic E-state index is -0.171. The lowest BCUT2D eigenvalue weighted by Gasteiger charge is -2.19. The first-order chi connectivity index (χ1) is 5.06. The first kappa shape index (κ1) is 10.9. The lowest BCUT2D eigenvalue weighted by molar-refractivity contribution is -0.0413. The van der Waals surface area contributed by atoms with Crippen LogP contribution in [-0.4, -0.2) is 32.0 Å². The van der Waals surface area contributed by atoms with E-state index in [2.05, 4.69) is 0 Å². The van der Waals surface area contributed by atoms with E-state index in [1.807, 2.05) is 20.8 Å². The number of ether oxygens (including phenoxy) is 2. The predicted molar refractivity (Wildman–Crippen MR) is 42.1 cm³/mol. The fourth-order valence-electron chi connectivity index (χ4n) is 0.568. The second-order valence-corrected chi connectivity index (χ2v) is 3.28. The smallest absolute Gasteiger partial charge is 0.106 e. The van der Waals surface area contributed by atoms with Gasteiger partial charge in [-0.05, 0) is 20.8 Å². The standard InChI is InChI=1S/C8H17O3/c1-8(2,3)11-7-6-10-5-4-9/h4-7H2,1-3H3. The minimum Gasteiger partial charge on any atom is -0.377 e. The number of rotatable bonds is 5. The average Bonchev–Trinajstić information content (AvgIpc) is 1.85. The Kier molecular flexibility index (Phi) is 5.46. The highest BCUT2D eigenvalue weighted by atomic mass is 16.5. The van der Waals surface area contributed by atoms with E-state index in [0.717, 1.165) is 0 Å². The third kappa shape index (κ3) is 9.88. The molecule has 0 unspecified atom stereocenters. The van der Waals surface area contributed by atoms with E-state index in [1.165, 1.54) is 0 Å². The summed E-state index contributed by atoms with van der Waals surface area (Å²) >= 11 is 0. The van der Waals surface area contributed by atoms with Crippen molar-refractivity contribution in [2.45, 2.75) is 26.4 Å². The number of hydrogen-bond acceptors (Lipinski definition) is 2. The molecular weight excluding hydrogens is 144 g/mol. The fraction of sp³-hybridized carbons (Fsp3) is 1.00. The molecule has 0 amide bonds. The van der Waals surface area contributed by atoms with Crippen LogP contribution in [0.3, 0.4) is 0 Å². The summed E-state index contributed by atoms with van der Waals surface area (Å²) in [6.45, 7) is 7.15. The van der Waals surface area contributed by atoms with Crippen molar-refractivity contribution in [3.63, 3.8) is 0 Å². The molecule has 0 atom stereocenters. The lowest BCUT2D eigenvalue weighted by atomic mass is 10.2. The van der Waals surface area contributed by atoms with Gasteiger partial charge >= 0.3 is 0 Å². The molecule has 3 heteroatoms. The van der Waals surface area contributed by atoms with Gasteiger partial charge in [-0.15, -0.1) is 0 Å². The highest BCUT2D eigenvalue weighted by Crippen LogP contribution is 2.05. The molecule has 0 aromatic heterocycles. The zero-order valence-electron chi connectivity index (χ0n) is 7.55. The van der Waals surface area contributed by atoms with Gasteiger partial charge < -0.3 is 9.47 Å². The van der Waals surface area contributed by atoms with Crippen molar-refractivity contribution < 1.29 is 14.6 Å². The normalized spacial score (nSPS) is 12.0. The molecule has 0 aromatic carbocycles. The maximum atomic E-state index is 9.92. The third-order valence-electron chi connectivity index (χ3n) is 0.990. The SMILES string of the molecule is CC(C)(C)OCCOCC[O]. The summed E-state index contributed by atoms with van der Waals surface area (Å²) in [5.74, 6) is 0. The van der Waals surface area contributed by atoms with Crippen LogP contribution in [0.2, 0.25) is 0 Å². The topological polar surface area (TPSA) is 38.4 Å². The van der Waals surface area contributed by atoms with Gasteiger partial charge in [0.05, 0.1) is 25.4 Å². The van der Waals surface area contributed by atoms with Crippen LogP contribution in [-0.2, 0) is 14.6 Å². The Labute approximate surface area is 68.3 Å². The molecule has 0 aliphatic heterocycles. The van der Waals surface area contributed by atoms with E-state index in [9.17, 15) is 5.11 Å². The fourth-order valence-corrected chi connectivity index (χ4v) is 0.568. The Hall–Kier alpha value is -0.120.